The third-order valence-electron chi connectivity index (χ3n) is 5.96. The zero-order chi connectivity index (χ0) is 21.1. The Balaban J connectivity index is 2.53. The molecule has 1 saturated heterocycles. The predicted octanol–water partition coefficient (Wildman–Crippen LogP) is 2.37. The van der Waals surface area contributed by atoms with Crippen molar-refractivity contribution in [1.82, 2.24) is 9.80 Å². The van der Waals surface area contributed by atoms with Crippen LogP contribution in [0.15, 0.2) is 24.3 Å². The van der Waals surface area contributed by atoms with Gasteiger partial charge in [0.15, 0.2) is 0 Å². The van der Waals surface area contributed by atoms with Crippen molar-refractivity contribution in [3.63, 3.8) is 0 Å². The van der Waals surface area contributed by atoms with Crippen LogP contribution in [0.3, 0.4) is 0 Å². The van der Waals surface area contributed by atoms with Crippen molar-refractivity contribution >= 4 is 11.9 Å². The Hall–Kier alpha value is -1.99. The highest BCUT2D eigenvalue weighted by atomic mass is 19.1. The number of rotatable bonds is 7. The standard InChI is InChI=1S/C21H31FN2O4/c1-6-21(20(27)28-5)13-17(19(26)24(11-12-25)14(2)3)18(23(21)4)15-7-9-16(22)10-8-15/h7-10,14,17-18,25H,6,11-13H2,1-5H3/t17-,18-,21-/m0/s1. The molecule has 1 aromatic carbocycles. The van der Waals surface area contributed by atoms with E-state index in [1.165, 1.54) is 19.2 Å². The number of aliphatic hydroxyl groups excluding tert-OH is 1. The van der Waals surface area contributed by atoms with Gasteiger partial charge in [0.2, 0.25) is 5.91 Å². The molecular formula is C21H31FN2O4. The van der Waals surface area contributed by atoms with Crippen molar-refractivity contribution in [3.05, 3.63) is 35.6 Å². The summed E-state index contributed by atoms with van der Waals surface area (Å²) in [4.78, 5) is 29.7. The number of carbonyl (C=O) groups is 2. The number of ether oxygens (including phenoxy) is 1. The molecule has 0 unspecified atom stereocenters. The molecule has 0 aromatic heterocycles. The molecule has 1 N–H and O–H groups in total. The van der Waals surface area contributed by atoms with Crippen LogP contribution in [0.5, 0.6) is 0 Å². The normalized spacial score (nSPS) is 25.1. The molecule has 28 heavy (non-hydrogen) atoms. The summed E-state index contributed by atoms with van der Waals surface area (Å²) in [7, 11) is 3.16. The van der Waals surface area contributed by atoms with Crippen molar-refractivity contribution in [2.24, 2.45) is 5.92 Å². The Morgan fingerprint density at radius 2 is 1.96 bits per heavy atom. The number of carbonyl (C=O) groups excluding carboxylic acids is 2. The maximum absolute atomic E-state index is 13.5. The first-order valence-corrected chi connectivity index (χ1v) is 9.71. The van der Waals surface area contributed by atoms with Crippen LogP contribution in [0.1, 0.15) is 45.2 Å². The molecule has 0 saturated carbocycles. The van der Waals surface area contributed by atoms with Crippen LogP contribution in [0.4, 0.5) is 4.39 Å². The largest absolute Gasteiger partial charge is 0.468 e. The molecule has 3 atom stereocenters. The fourth-order valence-electron chi connectivity index (χ4n) is 4.39. The molecule has 1 aromatic rings. The van der Waals surface area contributed by atoms with Gasteiger partial charge < -0.3 is 14.7 Å². The van der Waals surface area contributed by atoms with Crippen molar-refractivity contribution in [1.29, 1.82) is 0 Å². The summed E-state index contributed by atoms with van der Waals surface area (Å²) in [6.07, 6.45) is 0.793. The van der Waals surface area contributed by atoms with E-state index in [-0.39, 0.29) is 36.9 Å². The molecule has 0 spiro atoms. The van der Waals surface area contributed by atoms with Crippen molar-refractivity contribution in [2.45, 2.75) is 51.2 Å². The summed E-state index contributed by atoms with van der Waals surface area (Å²) in [5.41, 5.74) is -0.162. The lowest BCUT2D eigenvalue weighted by Gasteiger charge is -2.35. The number of methoxy groups -OCH3 is 1. The zero-order valence-corrected chi connectivity index (χ0v) is 17.3. The molecular weight excluding hydrogens is 363 g/mol. The highest BCUT2D eigenvalue weighted by Gasteiger charge is 2.57. The SMILES string of the molecule is CC[C@@]1(C(=O)OC)C[C@H](C(=O)N(CCO)C(C)C)[C@H](c2ccc(F)cc2)N1C. The van der Waals surface area contributed by atoms with Gasteiger partial charge in [0.05, 0.1) is 19.6 Å². The smallest absolute Gasteiger partial charge is 0.326 e. The minimum absolute atomic E-state index is 0.0893. The minimum Gasteiger partial charge on any atom is -0.468 e. The zero-order valence-electron chi connectivity index (χ0n) is 17.3. The summed E-state index contributed by atoms with van der Waals surface area (Å²) >= 11 is 0. The van der Waals surface area contributed by atoms with E-state index in [4.69, 9.17) is 4.74 Å². The van der Waals surface area contributed by atoms with Crippen LogP contribution in [0.25, 0.3) is 0 Å². The molecule has 7 heteroatoms. The molecule has 2 rings (SSSR count). The predicted molar refractivity (Wildman–Crippen MR) is 104 cm³/mol. The van der Waals surface area contributed by atoms with Gasteiger partial charge in [-0.25, -0.2) is 4.39 Å². The molecule has 0 bridgehead atoms. The summed E-state index contributed by atoms with van der Waals surface area (Å²) in [5, 5.41) is 9.40. The van der Waals surface area contributed by atoms with Crippen molar-refractivity contribution in [3.8, 4) is 0 Å². The van der Waals surface area contributed by atoms with Gasteiger partial charge in [0.1, 0.15) is 11.4 Å². The molecule has 1 aliphatic rings. The molecule has 156 valence electrons. The fraction of sp³-hybridized carbons (Fsp3) is 0.619. The first kappa shape index (κ1) is 22.3. The Morgan fingerprint density at radius 1 is 1.36 bits per heavy atom. The summed E-state index contributed by atoms with van der Waals surface area (Å²) < 4.78 is 18.6. The van der Waals surface area contributed by atoms with Crippen LogP contribution in [0, 0.1) is 11.7 Å². The van der Waals surface area contributed by atoms with Crippen LogP contribution >= 0.6 is 0 Å². The van der Waals surface area contributed by atoms with Gasteiger partial charge in [-0.2, -0.15) is 0 Å². The van der Waals surface area contributed by atoms with E-state index in [2.05, 4.69) is 0 Å². The fourth-order valence-corrected chi connectivity index (χ4v) is 4.39. The van der Waals surface area contributed by atoms with E-state index in [9.17, 15) is 19.1 Å². The second kappa shape index (κ2) is 9.01. The molecule has 1 fully saturated rings. The van der Waals surface area contributed by atoms with Gasteiger partial charge in [-0.05, 0) is 51.4 Å². The Bertz CT molecular complexity index is 694. The quantitative estimate of drug-likeness (QED) is 0.719. The van der Waals surface area contributed by atoms with Gasteiger partial charge in [-0.15, -0.1) is 0 Å². The maximum atomic E-state index is 13.5. The maximum Gasteiger partial charge on any atom is 0.326 e. The lowest BCUT2D eigenvalue weighted by Crippen LogP contribution is -2.49. The first-order chi connectivity index (χ1) is 13.2. The Morgan fingerprint density at radius 3 is 2.43 bits per heavy atom. The summed E-state index contributed by atoms with van der Waals surface area (Å²) in [6.45, 7) is 5.78. The lowest BCUT2D eigenvalue weighted by molar-refractivity contribution is -0.153. The summed E-state index contributed by atoms with van der Waals surface area (Å²) in [6, 6.07) is 5.56. The average molecular weight is 394 g/mol. The van der Waals surface area contributed by atoms with Gasteiger partial charge >= 0.3 is 5.97 Å². The van der Waals surface area contributed by atoms with Gasteiger partial charge in [0, 0.05) is 18.6 Å². The molecule has 0 aliphatic carbocycles. The third kappa shape index (κ3) is 3.91. The van der Waals surface area contributed by atoms with E-state index in [0.717, 1.165) is 5.56 Å². The van der Waals surface area contributed by atoms with Gasteiger partial charge in [0.25, 0.3) is 0 Å². The lowest BCUT2D eigenvalue weighted by atomic mass is 9.86. The third-order valence-corrected chi connectivity index (χ3v) is 5.96. The first-order valence-electron chi connectivity index (χ1n) is 9.71. The molecule has 1 aliphatic heterocycles. The van der Waals surface area contributed by atoms with E-state index in [0.29, 0.717) is 12.8 Å². The number of esters is 1. The van der Waals surface area contributed by atoms with Crippen LogP contribution in [-0.2, 0) is 14.3 Å². The average Bonchev–Trinajstić information content (AvgIpc) is 2.99. The number of aliphatic hydroxyl groups is 1. The molecule has 1 amide bonds. The highest BCUT2D eigenvalue weighted by molar-refractivity contribution is 5.86. The number of likely N-dealkylation sites (N-methyl/N-ethyl adjacent to an activating group) is 1. The van der Waals surface area contributed by atoms with E-state index in [1.807, 2.05) is 32.7 Å². The second-order valence-corrected chi connectivity index (χ2v) is 7.64. The summed E-state index contributed by atoms with van der Waals surface area (Å²) in [5.74, 6) is -1.36. The highest BCUT2D eigenvalue weighted by Crippen LogP contribution is 2.48. The van der Waals surface area contributed by atoms with Crippen LogP contribution in [-0.4, -0.2) is 65.7 Å². The van der Waals surface area contributed by atoms with Crippen LogP contribution < -0.4 is 0 Å². The second-order valence-electron chi connectivity index (χ2n) is 7.64. The Labute approximate surface area is 166 Å². The van der Waals surface area contributed by atoms with Crippen molar-refractivity contribution in [2.75, 3.05) is 27.3 Å². The number of hydrogen-bond acceptors (Lipinski definition) is 5. The number of amides is 1. The monoisotopic (exact) mass is 394 g/mol. The molecule has 0 radical (unpaired) electrons. The number of benzene rings is 1. The number of halogens is 1. The number of nitrogens with zero attached hydrogens (tertiary/aromatic N) is 2. The van der Waals surface area contributed by atoms with E-state index in [1.54, 1.807) is 17.0 Å². The van der Waals surface area contributed by atoms with Gasteiger partial charge in [-0.1, -0.05) is 19.1 Å². The van der Waals surface area contributed by atoms with E-state index < -0.39 is 17.5 Å². The number of likely N-dealkylation sites (tertiary alicyclic amines) is 1. The van der Waals surface area contributed by atoms with E-state index >= 15 is 0 Å². The number of hydrogen-bond donors (Lipinski definition) is 1. The van der Waals surface area contributed by atoms with Crippen LogP contribution in [0.2, 0.25) is 0 Å². The topological polar surface area (TPSA) is 70.1 Å². The van der Waals surface area contributed by atoms with Crippen molar-refractivity contribution < 1.29 is 23.8 Å². The molecule has 6 nitrogen and oxygen atoms in total. The minimum atomic E-state index is -0.935. The molecule has 1 heterocycles. The Kier molecular flexibility index (Phi) is 7.17. The van der Waals surface area contributed by atoms with Gasteiger partial charge in [-0.3, -0.25) is 14.5 Å².